The lowest BCUT2D eigenvalue weighted by atomic mass is 10.0. The van der Waals surface area contributed by atoms with Crippen molar-refractivity contribution >= 4 is 21.8 Å². The molecule has 1 amide bonds. The summed E-state index contributed by atoms with van der Waals surface area (Å²) < 4.78 is 1.06. The van der Waals surface area contributed by atoms with Crippen molar-refractivity contribution in [3.63, 3.8) is 0 Å². The Bertz CT molecular complexity index is 484. The molecule has 2 N–H and O–H groups in total. The van der Waals surface area contributed by atoms with Gasteiger partial charge in [-0.25, -0.2) is 0 Å². The fraction of sp³-hybridized carbons (Fsp3) is 0.500. The van der Waals surface area contributed by atoms with Crippen LogP contribution < -0.4 is 5.73 Å². The first-order valence-corrected chi connectivity index (χ1v) is 7.25. The smallest absolute Gasteiger partial charge is 0.243 e. The molecule has 96 valence electrons. The van der Waals surface area contributed by atoms with Gasteiger partial charge in [0, 0.05) is 11.0 Å². The number of halogens is 1. The molecule has 2 aliphatic rings. The van der Waals surface area contributed by atoms with E-state index in [1.807, 2.05) is 17.0 Å². The summed E-state index contributed by atoms with van der Waals surface area (Å²) in [7, 11) is 0. The summed E-state index contributed by atoms with van der Waals surface area (Å²) in [6.07, 6.45) is 3.79. The van der Waals surface area contributed by atoms with Crippen molar-refractivity contribution < 1.29 is 4.79 Å². The van der Waals surface area contributed by atoms with Gasteiger partial charge in [0.05, 0.1) is 11.6 Å². The molecule has 1 aromatic rings. The average Bonchev–Trinajstić information content (AvgIpc) is 2.94. The zero-order chi connectivity index (χ0) is 12.8. The Morgan fingerprint density at radius 2 is 2.22 bits per heavy atom. The third kappa shape index (κ3) is 2.08. The van der Waals surface area contributed by atoms with Gasteiger partial charge >= 0.3 is 0 Å². The van der Waals surface area contributed by atoms with E-state index in [2.05, 4.69) is 28.1 Å². The molecule has 3 rings (SSSR count). The Morgan fingerprint density at radius 3 is 2.89 bits per heavy atom. The number of carbonyl (C=O) groups excluding carboxylic acids is 1. The minimum absolute atomic E-state index is 0.143. The lowest BCUT2D eigenvalue weighted by Crippen LogP contribution is -2.45. The zero-order valence-electron chi connectivity index (χ0n) is 10.2. The number of nitrogens with two attached hydrogens (primary N) is 1. The number of likely N-dealkylation sites (tertiary alicyclic amines) is 1. The van der Waals surface area contributed by atoms with Crippen LogP contribution in [0.5, 0.6) is 0 Å². The maximum Gasteiger partial charge on any atom is 0.243 e. The predicted molar refractivity (Wildman–Crippen MR) is 74.0 cm³/mol. The van der Waals surface area contributed by atoms with E-state index in [1.165, 1.54) is 5.56 Å². The molecule has 1 unspecified atom stereocenters. The van der Waals surface area contributed by atoms with Crippen LogP contribution in [0, 0.1) is 0 Å². The molecule has 0 aromatic heterocycles. The first-order chi connectivity index (χ1) is 8.60. The van der Waals surface area contributed by atoms with Crippen LogP contribution >= 0.6 is 15.9 Å². The van der Waals surface area contributed by atoms with Crippen molar-refractivity contribution in [2.75, 3.05) is 6.54 Å². The number of benzene rings is 1. The van der Waals surface area contributed by atoms with Gasteiger partial charge in [-0.15, -0.1) is 0 Å². The van der Waals surface area contributed by atoms with Gasteiger partial charge in [-0.1, -0.05) is 28.1 Å². The lowest BCUT2D eigenvalue weighted by molar-refractivity contribution is -0.134. The van der Waals surface area contributed by atoms with Crippen molar-refractivity contribution in [1.29, 1.82) is 0 Å². The largest absolute Gasteiger partial charge is 0.334 e. The molecule has 1 aliphatic carbocycles. The molecule has 1 aromatic carbocycles. The summed E-state index contributed by atoms with van der Waals surface area (Å²) in [4.78, 5) is 14.4. The van der Waals surface area contributed by atoms with Crippen LogP contribution in [-0.2, 0) is 4.79 Å². The highest BCUT2D eigenvalue weighted by molar-refractivity contribution is 9.10. The molecule has 1 atom stereocenters. The van der Waals surface area contributed by atoms with E-state index >= 15 is 0 Å². The molecule has 1 saturated carbocycles. The van der Waals surface area contributed by atoms with Gasteiger partial charge in [0.1, 0.15) is 0 Å². The van der Waals surface area contributed by atoms with Crippen molar-refractivity contribution in [2.24, 2.45) is 5.73 Å². The Labute approximate surface area is 115 Å². The summed E-state index contributed by atoms with van der Waals surface area (Å²) in [6, 6.07) is 8.44. The summed E-state index contributed by atoms with van der Waals surface area (Å²) in [5.74, 6) is 0.143. The van der Waals surface area contributed by atoms with E-state index in [4.69, 9.17) is 5.73 Å². The molecular formula is C14H17BrN2O. The van der Waals surface area contributed by atoms with Crippen LogP contribution in [0.4, 0.5) is 0 Å². The van der Waals surface area contributed by atoms with E-state index in [-0.39, 0.29) is 11.9 Å². The van der Waals surface area contributed by atoms with Crippen LogP contribution in [0.25, 0.3) is 0 Å². The molecule has 1 aliphatic heterocycles. The van der Waals surface area contributed by atoms with Crippen LogP contribution in [0.15, 0.2) is 28.7 Å². The van der Waals surface area contributed by atoms with Gasteiger partial charge in [-0.2, -0.15) is 0 Å². The minimum atomic E-state index is -0.547. The molecular weight excluding hydrogens is 292 g/mol. The number of carbonyl (C=O) groups is 1. The normalized spacial score (nSPS) is 25.2. The van der Waals surface area contributed by atoms with Crippen LogP contribution in [0.1, 0.15) is 37.3 Å². The molecule has 0 bridgehead atoms. The van der Waals surface area contributed by atoms with Gasteiger partial charge in [-0.3, -0.25) is 4.79 Å². The van der Waals surface area contributed by atoms with E-state index in [0.717, 1.165) is 36.7 Å². The second kappa shape index (κ2) is 4.35. The van der Waals surface area contributed by atoms with Crippen molar-refractivity contribution in [2.45, 2.75) is 37.3 Å². The standard InChI is InChI=1S/C14H17BrN2O/c15-11-4-1-3-10(9-11)12-5-2-8-17(12)13(18)14(16)6-7-14/h1,3-4,9,12H,2,5-8,16H2. The molecule has 0 spiro atoms. The first-order valence-electron chi connectivity index (χ1n) is 6.46. The van der Waals surface area contributed by atoms with Gasteiger partial charge < -0.3 is 10.6 Å². The molecule has 1 heterocycles. The SMILES string of the molecule is NC1(C(=O)N2CCCC2c2cccc(Br)c2)CC1. The van der Waals surface area contributed by atoms with E-state index in [9.17, 15) is 4.79 Å². The Kier molecular flexibility index (Phi) is 2.94. The monoisotopic (exact) mass is 308 g/mol. The fourth-order valence-electron chi connectivity index (χ4n) is 2.70. The number of hydrogen-bond acceptors (Lipinski definition) is 2. The number of nitrogens with zero attached hydrogens (tertiary/aromatic N) is 1. The van der Waals surface area contributed by atoms with E-state index < -0.39 is 5.54 Å². The number of rotatable bonds is 2. The number of hydrogen-bond donors (Lipinski definition) is 1. The Hall–Kier alpha value is -0.870. The molecule has 2 fully saturated rings. The zero-order valence-corrected chi connectivity index (χ0v) is 11.8. The topological polar surface area (TPSA) is 46.3 Å². The van der Waals surface area contributed by atoms with Gasteiger partial charge in [0.15, 0.2) is 0 Å². The quantitative estimate of drug-likeness (QED) is 0.913. The maximum atomic E-state index is 12.4. The summed E-state index contributed by atoms with van der Waals surface area (Å²) >= 11 is 3.49. The lowest BCUT2D eigenvalue weighted by Gasteiger charge is -2.27. The number of amides is 1. The summed E-state index contributed by atoms with van der Waals surface area (Å²) in [6.45, 7) is 0.842. The van der Waals surface area contributed by atoms with Gasteiger partial charge in [-0.05, 0) is 43.4 Å². The molecule has 3 nitrogen and oxygen atoms in total. The van der Waals surface area contributed by atoms with E-state index in [1.54, 1.807) is 0 Å². The minimum Gasteiger partial charge on any atom is -0.334 e. The molecule has 1 saturated heterocycles. The highest BCUT2D eigenvalue weighted by atomic mass is 79.9. The Morgan fingerprint density at radius 1 is 1.44 bits per heavy atom. The third-order valence-corrected chi connectivity index (χ3v) is 4.45. The molecule has 4 heteroatoms. The molecule has 18 heavy (non-hydrogen) atoms. The average molecular weight is 309 g/mol. The van der Waals surface area contributed by atoms with Crippen LogP contribution in [0.2, 0.25) is 0 Å². The van der Waals surface area contributed by atoms with E-state index in [0.29, 0.717) is 0 Å². The predicted octanol–water partition coefficient (Wildman–Crippen LogP) is 2.60. The highest BCUT2D eigenvalue weighted by Crippen LogP contribution is 2.40. The summed E-state index contributed by atoms with van der Waals surface area (Å²) in [5.41, 5.74) is 6.70. The third-order valence-electron chi connectivity index (χ3n) is 3.96. The van der Waals surface area contributed by atoms with Gasteiger partial charge in [0.2, 0.25) is 5.91 Å². The summed E-state index contributed by atoms with van der Waals surface area (Å²) in [5, 5.41) is 0. The Balaban J connectivity index is 1.85. The van der Waals surface area contributed by atoms with Crippen LogP contribution in [0.3, 0.4) is 0 Å². The second-order valence-corrected chi connectivity index (χ2v) is 6.28. The highest BCUT2D eigenvalue weighted by Gasteiger charge is 2.50. The van der Waals surface area contributed by atoms with Crippen LogP contribution in [-0.4, -0.2) is 22.9 Å². The first kappa shape index (κ1) is 12.2. The van der Waals surface area contributed by atoms with Crippen molar-refractivity contribution in [3.8, 4) is 0 Å². The van der Waals surface area contributed by atoms with Crippen molar-refractivity contribution in [3.05, 3.63) is 34.3 Å². The van der Waals surface area contributed by atoms with Gasteiger partial charge in [0.25, 0.3) is 0 Å². The van der Waals surface area contributed by atoms with Crippen molar-refractivity contribution in [1.82, 2.24) is 4.90 Å². The fourth-order valence-corrected chi connectivity index (χ4v) is 3.12. The second-order valence-electron chi connectivity index (χ2n) is 5.37. The maximum absolute atomic E-state index is 12.4. The molecule has 0 radical (unpaired) electrons.